The number of para-hydroxylation sites is 1. The van der Waals surface area contributed by atoms with Crippen molar-refractivity contribution in [2.45, 2.75) is 44.9 Å². The van der Waals surface area contributed by atoms with E-state index in [9.17, 15) is 9.59 Å². The second kappa shape index (κ2) is 11.3. The van der Waals surface area contributed by atoms with Crippen molar-refractivity contribution in [1.82, 2.24) is 9.80 Å². The molecule has 2 aromatic carbocycles. The second-order valence-corrected chi connectivity index (χ2v) is 11.6. The van der Waals surface area contributed by atoms with E-state index in [0.29, 0.717) is 22.4 Å². The highest BCUT2D eigenvalue weighted by molar-refractivity contribution is 6.34. The van der Waals surface area contributed by atoms with E-state index >= 15 is 0 Å². The van der Waals surface area contributed by atoms with E-state index in [1.807, 2.05) is 56.3 Å². The largest absolute Gasteiger partial charge is 0.496 e. The van der Waals surface area contributed by atoms with Gasteiger partial charge in [-0.2, -0.15) is 0 Å². The lowest BCUT2D eigenvalue weighted by Crippen LogP contribution is -2.48. The van der Waals surface area contributed by atoms with Gasteiger partial charge in [-0.15, -0.1) is 0 Å². The maximum Gasteiger partial charge on any atom is 0.254 e. The summed E-state index contributed by atoms with van der Waals surface area (Å²) in [6.45, 7) is 7.62. The van der Waals surface area contributed by atoms with Gasteiger partial charge >= 0.3 is 0 Å². The fraction of sp³-hybridized carbons (Fsp3) is 0.533. The Bertz CT molecular complexity index is 1120. The molecule has 2 saturated heterocycles. The van der Waals surface area contributed by atoms with Crippen molar-refractivity contribution in [2.24, 2.45) is 11.8 Å². The minimum absolute atomic E-state index is 0.0774. The molecular weight excluding hydrogens is 486 g/mol. The number of piperidine rings is 2. The van der Waals surface area contributed by atoms with Crippen molar-refractivity contribution >= 4 is 29.1 Å². The molecule has 0 radical (unpaired) electrons. The van der Waals surface area contributed by atoms with Crippen molar-refractivity contribution in [3.63, 3.8) is 0 Å². The summed E-state index contributed by atoms with van der Waals surface area (Å²) < 4.78 is 5.54. The molecule has 6 nitrogen and oxygen atoms in total. The molecule has 2 aromatic rings. The number of likely N-dealkylation sites (tertiary alicyclic amines) is 1. The van der Waals surface area contributed by atoms with Gasteiger partial charge in [-0.3, -0.25) is 9.59 Å². The molecule has 2 fully saturated rings. The quantitative estimate of drug-likeness (QED) is 0.501. The number of ether oxygens (including phenoxy) is 1. The molecule has 2 aliphatic heterocycles. The van der Waals surface area contributed by atoms with Crippen molar-refractivity contribution < 1.29 is 14.3 Å². The van der Waals surface area contributed by atoms with Gasteiger partial charge in [0, 0.05) is 51.5 Å². The molecule has 200 valence electrons. The molecule has 2 aliphatic rings. The molecule has 0 saturated carbocycles. The predicted octanol–water partition coefficient (Wildman–Crippen LogP) is 5.48. The van der Waals surface area contributed by atoms with Crippen molar-refractivity contribution in [3.8, 4) is 5.75 Å². The molecule has 37 heavy (non-hydrogen) atoms. The zero-order valence-corrected chi connectivity index (χ0v) is 23.6. The molecule has 0 atom stereocenters. The summed E-state index contributed by atoms with van der Waals surface area (Å²) in [6, 6.07) is 13.6. The van der Waals surface area contributed by atoms with Crippen LogP contribution >= 0.6 is 11.6 Å². The van der Waals surface area contributed by atoms with Gasteiger partial charge in [0.25, 0.3) is 5.91 Å². The maximum absolute atomic E-state index is 13.5. The van der Waals surface area contributed by atoms with Gasteiger partial charge in [0.15, 0.2) is 0 Å². The monoisotopic (exact) mass is 525 g/mol. The molecule has 0 aliphatic carbocycles. The average molecular weight is 526 g/mol. The molecular formula is C30H40ClN3O3. The highest BCUT2D eigenvalue weighted by Crippen LogP contribution is 2.37. The van der Waals surface area contributed by atoms with Crippen LogP contribution in [0.5, 0.6) is 5.75 Å². The number of halogens is 1. The Morgan fingerprint density at radius 3 is 2.11 bits per heavy atom. The first-order chi connectivity index (χ1) is 17.6. The van der Waals surface area contributed by atoms with Gasteiger partial charge in [0.05, 0.1) is 23.1 Å². The van der Waals surface area contributed by atoms with Crippen LogP contribution in [0.1, 0.15) is 55.5 Å². The second-order valence-electron chi connectivity index (χ2n) is 11.1. The first-order valence-electron chi connectivity index (χ1n) is 13.3. The number of hydrogen-bond donors (Lipinski definition) is 0. The number of amides is 2. The third kappa shape index (κ3) is 5.74. The Hall–Kier alpha value is -2.73. The lowest BCUT2D eigenvalue weighted by molar-refractivity contribution is -0.138. The molecule has 4 rings (SSSR count). The van der Waals surface area contributed by atoms with Crippen LogP contribution < -0.4 is 9.64 Å². The standard InChI is InChI=1S/C30H40ClN3O3/c1-30(2,25-8-6-7-9-27(25)37-5)29(36)34-18-14-22(15-19-34)21-12-16-33(17-13-21)23-10-11-24(26(31)20-23)28(35)32(3)4/h6-11,20-22H,12-19H2,1-5H3. The Morgan fingerprint density at radius 2 is 1.54 bits per heavy atom. The number of rotatable bonds is 6. The minimum Gasteiger partial charge on any atom is -0.496 e. The topological polar surface area (TPSA) is 53.1 Å². The van der Waals surface area contributed by atoms with Crippen LogP contribution in [0.2, 0.25) is 5.02 Å². The van der Waals surface area contributed by atoms with Gasteiger partial charge in [-0.1, -0.05) is 29.8 Å². The minimum atomic E-state index is -0.626. The van der Waals surface area contributed by atoms with E-state index in [4.69, 9.17) is 16.3 Å². The van der Waals surface area contributed by atoms with Crippen LogP contribution in [0, 0.1) is 11.8 Å². The fourth-order valence-corrected chi connectivity index (χ4v) is 6.25. The summed E-state index contributed by atoms with van der Waals surface area (Å²) in [5, 5.41) is 0.506. The summed E-state index contributed by atoms with van der Waals surface area (Å²) in [4.78, 5) is 31.8. The summed E-state index contributed by atoms with van der Waals surface area (Å²) in [5.41, 5.74) is 1.94. The Balaban J connectivity index is 1.31. The lowest BCUT2D eigenvalue weighted by Gasteiger charge is -2.42. The van der Waals surface area contributed by atoms with Crippen LogP contribution in [0.15, 0.2) is 42.5 Å². The van der Waals surface area contributed by atoms with E-state index in [1.165, 1.54) is 0 Å². The maximum atomic E-state index is 13.5. The SMILES string of the molecule is COc1ccccc1C(C)(C)C(=O)N1CCC(C2CCN(c3ccc(C(=O)N(C)C)c(Cl)c3)CC2)CC1. The highest BCUT2D eigenvalue weighted by Gasteiger charge is 2.38. The summed E-state index contributed by atoms with van der Waals surface area (Å²) >= 11 is 6.45. The number of nitrogens with zero attached hydrogens (tertiary/aromatic N) is 3. The third-order valence-corrected chi connectivity index (χ3v) is 8.62. The zero-order valence-electron chi connectivity index (χ0n) is 22.8. The fourth-order valence-electron chi connectivity index (χ4n) is 5.99. The summed E-state index contributed by atoms with van der Waals surface area (Å²) in [5.74, 6) is 2.21. The highest BCUT2D eigenvalue weighted by atomic mass is 35.5. The smallest absolute Gasteiger partial charge is 0.254 e. The van der Waals surface area contributed by atoms with Crippen LogP contribution in [-0.2, 0) is 10.2 Å². The van der Waals surface area contributed by atoms with Gasteiger partial charge in [0.2, 0.25) is 5.91 Å². The van der Waals surface area contributed by atoms with Gasteiger partial charge < -0.3 is 19.4 Å². The molecule has 0 aromatic heterocycles. The first kappa shape index (κ1) is 27.3. The molecule has 0 N–H and O–H groups in total. The molecule has 0 unspecified atom stereocenters. The predicted molar refractivity (Wildman–Crippen MR) is 150 cm³/mol. The molecule has 2 heterocycles. The Morgan fingerprint density at radius 1 is 0.946 bits per heavy atom. The Labute approximate surface area is 226 Å². The van der Waals surface area contributed by atoms with Crippen LogP contribution in [0.4, 0.5) is 5.69 Å². The lowest BCUT2D eigenvalue weighted by atomic mass is 9.77. The van der Waals surface area contributed by atoms with Crippen LogP contribution in [-0.4, -0.2) is 69.0 Å². The molecule has 0 bridgehead atoms. The number of hydrogen-bond acceptors (Lipinski definition) is 4. The number of carbonyl (C=O) groups is 2. The van der Waals surface area contributed by atoms with Gasteiger partial charge in [0.1, 0.15) is 5.75 Å². The number of anilines is 1. The van der Waals surface area contributed by atoms with E-state index in [0.717, 1.165) is 68.9 Å². The van der Waals surface area contributed by atoms with Gasteiger partial charge in [-0.05, 0) is 75.6 Å². The molecule has 7 heteroatoms. The van der Waals surface area contributed by atoms with Crippen molar-refractivity contribution in [2.75, 3.05) is 52.3 Å². The summed E-state index contributed by atoms with van der Waals surface area (Å²) in [6.07, 6.45) is 4.40. The van der Waals surface area contributed by atoms with Crippen LogP contribution in [0.3, 0.4) is 0 Å². The van der Waals surface area contributed by atoms with Gasteiger partial charge in [-0.25, -0.2) is 0 Å². The van der Waals surface area contributed by atoms with E-state index < -0.39 is 5.41 Å². The Kier molecular flexibility index (Phi) is 8.37. The number of benzene rings is 2. The average Bonchev–Trinajstić information content (AvgIpc) is 2.92. The van der Waals surface area contributed by atoms with Crippen molar-refractivity contribution in [1.29, 1.82) is 0 Å². The molecule has 0 spiro atoms. The summed E-state index contributed by atoms with van der Waals surface area (Å²) in [7, 11) is 5.13. The van der Waals surface area contributed by atoms with Crippen LogP contribution in [0.25, 0.3) is 0 Å². The third-order valence-electron chi connectivity index (χ3n) is 8.30. The van der Waals surface area contributed by atoms with E-state index in [1.54, 1.807) is 26.1 Å². The van der Waals surface area contributed by atoms with E-state index in [-0.39, 0.29) is 11.8 Å². The molecule has 2 amide bonds. The van der Waals surface area contributed by atoms with E-state index in [2.05, 4.69) is 9.80 Å². The normalized spacial score (nSPS) is 17.6. The number of carbonyl (C=O) groups excluding carboxylic acids is 2. The number of methoxy groups -OCH3 is 1. The van der Waals surface area contributed by atoms with Crippen molar-refractivity contribution in [3.05, 3.63) is 58.6 Å². The first-order valence-corrected chi connectivity index (χ1v) is 13.7. The zero-order chi connectivity index (χ0) is 26.7.